The van der Waals surface area contributed by atoms with Crippen LogP contribution >= 0.6 is 11.6 Å². The van der Waals surface area contributed by atoms with Gasteiger partial charge in [-0.2, -0.15) is 0 Å². The van der Waals surface area contributed by atoms with Crippen molar-refractivity contribution in [3.63, 3.8) is 0 Å². The van der Waals surface area contributed by atoms with Gasteiger partial charge >= 0.3 is 5.97 Å². The number of aromatic nitrogens is 1. The summed E-state index contributed by atoms with van der Waals surface area (Å²) in [6.07, 6.45) is -2.52. The van der Waals surface area contributed by atoms with Gasteiger partial charge in [0, 0.05) is 11.8 Å². The second kappa shape index (κ2) is 5.16. The molecule has 0 aromatic carbocycles. The zero-order chi connectivity index (χ0) is 12.3. The molecule has 3 nitrogen and oxygen atoms in total. The van der Waals surface area contributed by atoms with E-state index in [1.54, 1.807) is 0 Å². The Bertz CT molecular complexity index is 412. The third kappa shape index (κ3) is 2.63. The molecule has 7 heteroatoms. The quantitative estimate of drug-likeness (QED) is 0.777. The summed E-state index contributed by atoms with van der Waals surface area (Å²) < 4.78 is 42.2. The van der Waals surface area contributed by atoms with Crippen LogP contribution in [0.25, 0.3) is 0 Å². The van der Waals surface area contributed by atoms with Gasteiger partial charge in [0.25, 0.3) is 6.43 Å². The fourth-order valence-electron chi connectivity index (χ4n) is 1.02. The highest BCUT2D eigenvalue weighted by molar-refractivity contribution is 6.31. The smallest absolute Gasteiger partial charge is 0.310 e. The van der Waals surface area contributed by atoms with Gasteiger partial charge in [0.15, 0.2) is 0 Å². The number of nitrogens with zero attached hydrogens (tertiary/aromatic N) is 1. The van der Waals surface area contributed by atoms with Crippen molar-refractivity contribution < 1.29 is 22.7 Å². The second-order valence-electron chi connectivity index (χ2n) is 2.85. The molecule has 0 saturated carbocycles. The number of ether oxygens (including phenoxy) is 1. The van der Waals surface area contributed by atoms with E-state index < -0.39 is 35.3 Å². The van der Waals surface area contributed by atoms with Crippen LogP contribution in [0.5, 0.6) is 0 Å². The van der Waals surface area contributed by atoms with Crippen molar-refractivity contribution in [3.8, 4) is 0 Å². The van der Waals surface area contributed by atoms with Crippen LogP contribution in [0, 0.1) is 5.82 Å². The van der Waals surface area contributed by atoms with E-state index in [4.69, 9.17) is 11.6 Å². The topological polar surface area (TPSA) is 39.2 Å². The molecule has 1 aromatic heterocycles. The van der Waals surface area contributed by atoms with Crippen LogP contribution < -0.4 is 0 Å². The number of esters is 1. The average molecular weight is 254 g/mol. The SMILES string of the molecule is COC(=O)Cc1cnc(C(F)F)c(Cl)c1F. The molecule has 1 heterocycles. The molecule has 0 fully saturated rings. The normalized spacial score (nSPS) is 10.6. The fourth-order valence-corrected chi connectivity index (χ4v) is 1.27. The Labute approximate surface area is 94.2 Å². The first-order valence-corrected chi connectivity index (χ1v) is 4.53. The van der Waals surface area contributed by atoms with Gasteiger partial charge in [-0.1, -0.05) is 11.6 Å². The number of methoxy groups -OCH3 is 1. The van der Waals surface area contributed by atoms with Crippen molar-refractivity contribution in [3.05, 3.63) is 28.3 Å². The number of carbonyl (C=O) groups is 1. The summed E-state index contributed by atoms with van der Waals surface area (Å²) in [6.45, 7) is 0. The van der Waals surface area contributed by atoms with Crippen molar-refractivity contribution >= 4 is 17.6 Å². The summed E-state index contributed by atoms with van der Waals surface area (Å²) in [4.78, 5) is 14.2. The maximum absolute atomic E-state index is 13.4. The highest BCUT2D eigenvalue weighted by Crippen LogP contribution is 2.28. The van der Waals surface area contributed by atoms with Crippen molar-refractivity contribution in [1.82, 2.24) is 4.98 Å². The zero-order valence-electron chi connectivity index (χ0n) is 8.14. The van der Waals surface area contributed by atoms with Gasteiger partial charge < -0.3 is 4.74 Å². The van der Waals surface area contributed by atoms with E-state index in [0.29, 0.717) is 0 Å². The van der Waals surface area contributed by atoms with E-state index >= 15 is 0 Å². The zero-order valence-corrected chi connectivity index (χ0v) is 8.89. The maximum atomic E-state index is 13.4. The molecule has 16 heavy (non-hydrogen) atoms. The minimum atomic E-state index is -2.96. The van der Waals surface area contributed by atoms with Crippen LogP contribution in [-0.2, 0) is 16.0 Å². The summed E-state index contributed by atoms with van der Waals surface area (Å²) in [5.41, 5.74) is -1.02. The lowest BCUT2D eigenvalue weighted by atomic mass is 10.2. The largest absolute Gasteiger partial charge is 0.469 e. The highest BCUT2D eigenvalue weighted by Gasteiger charge is 2.20. The van der Waals surface area contributed by atoms with E-state index in [2.05, 4.69) is 9.72 Å². The van der Waals surface area contributed by atoms with Crippen LogP contribution in [0.15, 0.2) is 6.20 Å². The van der Waals surface area contributed by atoms with Crippen molar-refractivity contribution in [2.45, 2.75) is 12.8 Å². The number of halogens is 4. The fraction of sp³-hybridized carbons (Fsp3) is 0.333. The molecular weight excluding hydrogens is 247 g/mol. The Morgan fingerprint density at radius 1 is 1.62 bits per heavy atom. The van der Waals surface area contributed by atoms with Gasteiger partial charge in [-0.15, -0.1) is 0 Å². The molecule has 0 N–H and O–H groups in total. The lowest BCUT2D eigenvalue weighted by molar-refractivity contribution is -0.139. The second-order valence-corrected chi connectivity index (χ2v) is 3.23. The molecule has 1 rings (SSSR count). The van der Waals surface area contributed by atoms with E-state index in [1.807, 2.05) is 0 Å². The number of pyridine rings is 1. The molecule has 0 spiro atoms. The average Bonchev–Trinajstić information content (AvgIpc) is 2.24. The monoisotopic (exact) mass is 253 g/mol. The predicted octanol–water partition coefficient (Wildman–Crippen LogP) is 2.53. The molecule has 1 aromatic rings. The number of rotatable bonds is 3. The Kier molecular flexibility index (Phi) is 4.12. The number of alkyl halides is 2. The van der Waals surface area contributed by atoms with E-state index in [9.17, 15) is 18.0 Å². The van der Waals surface area contributed by atoms with Gasteiger partial charge in [0.05, 0.1) is 13.5 Å². The molecule has 0 aliphatic carbocycles. The minimum Gasteiger partial charge on any atom is -0.469 e. The molecular formula is C9H7ClF3NO2. The third-order valence-corrected chi connectivity index (χ3v) is 2.19. The maximum Gasteiger partial charge on any atom is 0.310 e. The van der Waals surface area contributed by atoms with E-state index in [0.717, 1.165) is 13.3 Å². The molecule has 0 bridgehead atoms. The predicted molar refractivity (Wildman–Crippen MR) is 49.9 cm³/mol. The number of hydrogen-bond acceptors (Lipinski definition) is 3. The Balaban J connectivity index is 3.07. The van der Waals surface area contributed by atoms with Crippen LogP contribution in [-0.4, -0.2) is 18.1 Å². The molecule has 0 atom stereocenters. The van der Waals surface area contributed by atoms with Crippen LogP contribution in [0.3, 0.4) is 0 Å². The summed E-state index contributed by atoms with van der Waals surface area (Å²) in [5, 5.41) is -0.767. The summed E-state index contributed by atoms with van der Waals surface area (Å²) in [7, 11) is 1.13. The van der Waals surface area contributed by atoms with Crippen molar-refractivity contribution in [1.29, 1.82) is 0 Å². The molecule has 0 unspecified atom stereocenters. The van der Waals surface area contributed by atoms with E-state index in [-0.39, 0.29) is 5.56 Å². The highest BCUT2D eigenvalue weighted by atomic mass is 35.5. The molecule has 0 aliphatic rings. The lowest BCUT2D eigenvalue weighted by Crippen LogP contribution is -2.08. The summed E-state index contributed by atoms with van der Waals surface area (Å²) >= 11 is 5.35. The number of hydrogen-bond donors (Lipinski definition) is 0. The lowest BCUT2D eigenvalue weighted by Gasteiger charge is -2.06. The molecule has 0 amide bonds. The van der Waals surface area contributed by atoms with Gasteiger partial charge in [0.2, 0.25) is 0 Å². The third-order valence-electron chi connectivity index (χ3n) is 1.83. The Hall–Kier alpha value is -1.30. The van der Waals surface area contributed by atoms with Gasteiger partial charge in [-0.25, -0.2) is 13.2 Å². The first-order valence-electron chi connectivity index (χ1n) is 4.15. The Morgan fingerprint density at radius 2 is 2.25 bits per heavy atom. The van der Waals surface area contributed by atoms with Gasteiger partial charge in [0.1, 0.15) is 16.5 Å². The van der Waals surface area contributed by atoms with Gasteiger partial charge in [-0.05, 0) is 0 Å². The standard InChI is InChI=1S/C9H7ClF3NO2/c1-16-5(15)2-4-3-14-8(9(12)13)6(10)7(4)11/h3,9H,2H2,1H3. The van der Waals surface area contributed by atoms with Crippen LogP contribution in [0.4, 0.5) is 13.2 Å². The molecule has 0 saturated heterocycles. The Morgan fingerprint density at radius 3 is 2.75 bits per heavy atom. The first-order chi connectivity index (χ1) is 7.47. The molecule has 88 valence electrons. The molecule has 0 aliphatic heterocycles. The number of carbonyl (C=O) groups excluding carboxylic acids is 1. The van der Waals surface area contributed by atoms with Crippen LogP contribution in [0.2, 0.25) is 5.02 Å². The summed E-state index contributed by atoms with van der Waals surface area (Å²) in [5.74, 6) is -1.78. The first kappa shape index (κ1) is 12.8. The van der Waals surface area contributed by atoms with Crippen LogP contribution in [0.1, 0.15) is 17.7 Å². The van der Waals surface area contributed by atoms with Crippen molar-refractivity contribution in [2.75, 3.05) is 7.11 Å². The molecule has 0 radical (unpaired) electrons. The summed E-state index contributed by atoms with van der Waals surface area (Å²) in [6, 6.07) is 0. The minimum absolute atomic E-state index is 0.179. The van der Waals surface area contributed by atoms with E-state index in [1.165, 1.54) is 0 Å². The van der Waals surface area contributed by atoms with Gasteiger partial charge in [-0.3, -0.25) is 9.78 Å². The van der Waals surface area contributed by atoms with Crippen molar-refractivity contribution in [2.24, 2.45) is 0 Å².